The van der Waals surface area contributed by atoms with Crippen LogP contribution in [0, 0.1) is 12.7 Å². The summed E-state index contributed by atoms with van der Waals surface area (Å²) in [5.74, 6) is -1.32. The number of carbonyl (C=O) groups is 2. The Labute approximate surface area is 158 Å². The number of aryl methyl sites for hydroxylation is 1. The second-order valence-electron chi connectivity index (χ2n) is 7.05. The van der Waals surface area contributed by atoms with Crippen LogP contribution in [0.1, 0.15) is 52.0 Å². The van der Waals surface area contributed by atoms with Crippen LogP contribution in [-0.4, -0.2) is 23.9 Å². The van der Waals surface area contributed by atoms with Crippen molar-refractivity contribution in [3.05, 3.63) is 65.0 Å². The summed E-state index contributed by atoms with van der Waals surface area (Å²) in [7, 11) is 0. The average Bonchev–Trinajstić information content (AvgIpc) is 2.65. The summed E-state index contributed by atoms with van der Waals surface area (Å²) in [4.78, 5) is 24.9. The Morgan fingerprint density at radius 1 is 1.04 bits per heavy atom. The molecule has 1 saturated carbocycles. The highest BCUT2D eigenvalue weighted by atomic mass is 19.1. The van der Waals surface area contributed by atoms with Crippen LogP contribution in [0.4, 0.5) is 10.1 Å². The normalized spacial score (nSPS) is 19.4. The first kappa shape index (κ1) is 19.0. The summed E-state index contributed by atoms with van der Waals surface area (Å²) in [5, 5.41) is 5.73. The van der Waals surface area contributed by atoms with Crippen LogP contribution in [0.3, 0.4) is 0 Å². The van der Waals surface area contributed by atoms with Crippen LogP contribution in [-0.2, 0) is 0 Å². The Morgan fingerprint density at radius 3 is 2.44 bits per heavy atom. The number of hydrogen-bond donors (Lipinski definition) is 3. The quantitative estimate of drug-likeness (QED) is 0.772. The third kappa shape index (κ3) is 4.71. The maximum Gasteiger partial charge on any atom is 0.258 e. The zero-order valence-corrected chi connectivity index (χ0v) is 15.3. The van der Waals surface area contributed by atoms with Gasteiger partial charge in [0.1, 0.15) is 5.82 Å². The molecule has 5 nitrogen and oxygen atoms in total. The molecule has 0 bridgehead atoms. The number of hydrogen-bond acceptors (Lipinski definition) is 3. The van der Waals surface area contributed by atoms with E-state index in [0.29, 0.717) is 11.3 Å². The zero-order chi connectivity index (χ0) is 19.4. The number of carbonyl (C=O) groups excluding carboxylic acids is 2. The van der Waals surface area contributed by atoms with Crippen molar-refractivity contribution in [2.45, 2.75) is 44.7 Å². The molecule has 0 aromatic heterocycles. The van der Waals surface area contributed by atoms with Gasteiger partial charge in [-0.15, -0.1) is 0 Å². The van der Waals surface area contributed by atoms with Crippen LogP contribution in [0.2, 0.25) is 0 Å². The second kappa shape index (κ2) is 8.31. The molecule has 4 N–H and O–H groups in total. The molecule has 1 aliphatic carbocycles. The summed E-state index contributed by atoms with van der Waals surface area (Å²) in [6, 6.07) is 11.2. The molecule has 2 aromatic rings. The number of nitrogens with one attached hydrogen (secondary N) is 2. The standard InChI is InChI=1S/C21H24FN3O2/c1-13-6-7-14(20(26)24-16-10-8-15(23)9-11-16)12-19(13)25-21(27)17-4-2-3-5-18(17)22/h2-7,12,15-16H,8-11,23H2,1H3,(H,24,26)(H,25,27). The van der Waals surface area contributed by atoms with Gasteiger partial charge in [0, 0.05) is 23.3 Å². The van der Waals surface area contributed by atoms with E-state index in [4.69, 9.17) is 5.73 Å². The van der Waals surface area contributed by atoms with Crippen LogP contribution in [0.15, 0.2) is 42.5 Å². The predicted octanol–water partition coefficient (Wildman–Crippen LogP) is 3.39. The maximum atomic E-state index is 13.8. The molecule has 0 radical (unpaired) electrons. The molecular formula is C21H24FN3O2. The van der Waals surface area contributed by atoms with Crippen LogP contribution >= 0.6 is 0 Å². The first-order valence-corrected chi connectivity index (χ1v) is 9.17. The minimum atomic E-state index is -0.586. The fourth-order valence-corrected chi connectivity index (χ4v) is 3.27. The van der Waals surface area contributed by atoms with E-state index in [2.05, 4.69) is 10.6 Å². The molecule has 0 atom stereocenters. The van der Waals surface area contributed by atoms with Crippen molar-refractivity contribution in [1.29, 1.82) is 0 Å². The van der Waals surface area contributed by atoms with Gasteiger partial charge in [-0.2, -0.15) is 0 Å². The molecule has 0 unspecified atom stereocenters. The minimum absolute atomic E-state index is 0.0368. The predicted molar refractivity (Wildman–Crippen MR) is 103 cm³/mol. The molecule has 2 amide bonds. The highest BCUT2D eigenvalue weighted by Crippen LogP contribution is 2.21. The van der Waals surface area contributed by atoms with E-state index in [1.807, 2.05) is 6.92 Å². The molecule has 1 fully saturated rings. The lowest BCUT2D eigenvalue weighted by atomic mass is 9.91. The van der Waals surface area contributed by atoms with E-state index in [1.165, 1.54) is 18.2 Å². The molecular weight excluding hydrogens is 345 g/mol. The monoisotopic (exact) mass is 369 g/mol. The van der Waals surface area contributed by atoms with Gasteiger partial charge in [-0.05, 0) is 62.4 Å². The van der Waals surface area contributed by atoms with Crippen molar-refractivity contribution in [3.63, 3.8) is 0 Å². The van der Waals surface area contributed by atoms with Gasteiger partial charge in [0.25, 0.3) is 11.8 Å². The minimum Gasteiger partial charge on any atom is -0.349 e. The molecule has 3 rings (SSSR count). The molecule has 27 heavy (non-hydrogen) atoms. The van der Waals surface area contributed by atoms with Gasteiger partial charge in [-0.1, -0.05) is 18.2 Å². The molecule has 142 valence electrons. The molecule has 1 aliphatic rings. The average molecular weight is 369 g/mol. The highest BCUT2D eigenvalue weighted by molar-refractivity contribution is 6.05. The van der Waals surface area contributed by atoms with Crippen molar-refractivity contribution in [2.24, 2.45) is 5.73 Å². The van der Waals surface area contributed by atoms with Gasteiger partial charge in [-0.3, -0.25) is 9.59 Å². The van der Waals surface area contributed by atoms with E-state index in [-0.39, 0.29) is 23.6 Å². The lowest BCUT2D eigenvalue weighted by Gasteiger charge is -2.26. The van der Waals surface area contributed by atoms with E-state index in [0.717, 1.165) is 31.2 Å². The second-order valence-corrected chi connectivity index (χ2v) is 7.05. The van der Waals surface area contributed by atoms with E-state index >= 15 is 0 Å². The lowest BCUT2D eigenvalue weighted by Crippen LogP contribution is -2.40. The first-order valence-electron chi connectivity index (χ1n) is 9.17. The maximum absolute atomic E-state index is 13.8. The summed E-state index contributed by atoms with van der Waals surface area (Å²) >= 11 is 0. The van der Waals surface area contributed by atoms with Crippen molar-refractivity contribution < 1.29 is 14.0 Å². The number of amides is 2. The smallest absolute Gasteiger partial charge is 0.258 e. The third-order valence-corrected chi connectivity index (χ3v) is 4.97. The number of halogens is 1. The molecule has 0 aliphatic heterocycles. The third-order valence-electron chi connectivity index (χ3n) is 4.97. The first-order chi connectivity index (χ1) is 12.9. The largest absolute Gasteiger partial charge is 0.349 e. The van der Waals surface area contributed by atoms with Gasteiger partial charge in [0.15, 0.2) is 0 Å². The Hall–Kier alpha value is -2.73. The summed E-state index contributed by atoms with van der Waals surface area (Å²) in [6.45, 7) is 1.82. The fraction of sp³-hybridized carbons (Fsp3) is 0.333. The van der Waals surface area contributed by atoms with Crippen molar-refractivity contribution >= 4 is 17.5 Å². The van der Waals surface area contributed by atoms with Crippen molar-refractivity contribution in [3.8, 4) is 0 Å². The van der Waals surface area contributed by atoms with Crippen LogP contribution < -0.4 is 16.4 Å². The highest BCUT2D eigenvalue weighted by Gasteiger charge is 2.21. The molecule has 2 aromatic carbocycles. The summed E-state index contributed by atoms with van der Waals surface area (Å²) in [5.41, 5.74) is 7.60. The summed E-state index contributed by atoms with van der Waals surface area (Å²) in [6.07, 6.45) is 3.55. The number of anilines is 1. The van der Waals surface area contributed by atoms with E-state index < -0.39 is 11.7 Å². The van der Waals surface area contributed by atoms with Gasteiger partial charge < -0.3 is 16.4 Å². The lowest BCUT2D eigenvalue weighted by molar-refractivity contribution is 0.0924. The van der Waals surface area contributed by atoms with Gasteiger partial charge in [0.2, 0.25) is 0 Å². The Bertz CT molecular complexity index is 845. The molecule has 0 spiro atoms. The zero-order valence-electron chi connectivity index (χ0n) is 15.3. The van der Waals surface area contributed by atoms with Crippen LogP contribution in [0.5, 0.6) is 0 Å². The Morgan fingerprint density at radius 2 is 1.74 bits per heavy atom. The van der Waals surface area contributed by atoms with Crippen molar-refractivity contribution in [2.75, 3.05) is 5.32 Å². The van der Waals surface area contributed by atoms with E-state index in [9.17, 15) is 14.0 Å². The summed E-state index contributed by atoms with van der Waals surface area (Å²) < 4.78 is 13.8. The topological polar surface area (TPSA) is 84.2 Å². The number of nitrogens with two attached hydrogens (primary N) is 1. The van der Waals surface area contributed by atoms with Crippen molar-refractivity contribution in [1.82, 2.24) is 5.32 Å². The van der Waals surface area contributed by atoms with Gasteiger partial charge >= 0.3 is 0 Å². The van der Waals surface area contributed by atoms with Crippen LogP contribution in [0.25, 0.3) is 0 Å². The number of rotatable bonds is 4. The molecule has 0 heterocycles. The van der Waals surface area contributed by atoms with Gasteiger partial charge in [0.05, 0.1) is 5.56 Å². The van der Waals surface area contributed by atoms with E-state index in [1.54, 1.807) is 24.3 Å². The Kier molecular flexibility index (Phi) is 5.86. The SMILES string of the molecule is Cc1ccc(C(=O)NC2CCC(N)CC2)cc1NC(=O)c1ccccc1F. The molecule has 6 heteroatoms. The Balaban J connectivity index is 1.71. The molecule has 0 saturated heterocycles. The van der Waals surface area contributed by atoms with Gasteiger partial charge in [-0.25, -0.2) is 4.39 Å². The number of benzene rings is 2. The fourth-order valence-electron chi connectivity index (χ4n) is 3.27.